The molecular weight excluding hydrogens is 348 g/mol. The number of hydrogen-bond donors (Lipinski definition) is 1. The molecule has 0 aliphatic carbocycles. The fourth-order valence-corrected chi connectivity index (χ4v) is 2.48. The molecule has 1 N–H and O–H groups in total. The largest absolute Gasteiger partial charge is 0.486 e. The Hall–Kier alpha value is -2.34. The van der Waals surface area contributed by atoms with E-state index < -0.39 is 0 Å². The van der Waals surface area contributed by atoms with Gasteiger partial charge in [-0.05, 0) is 51.8 Å². The zero-order chi connectivity index (χ0) is 15.4. The van der Waals surface area contributed by atoms with Crippen LogP contribution >= 0.6 is 15.9 Å². The van der Waals surface area contributed by atoms with Crippen molar-refractivity contribution in [2.45, 2.75) is 0 Å². The van der Waals surface area contributed by atoms with Gasteiger partial charge in [0.2, 0.25) is 0 Å². The second kappa shape index (κ2) is 6.62. The molecule has 0 saturated heterocycles. The molecule has 1 aliphatic heterocycles. The summed E-state index contributed by atoms with van der Waals surface area (Å²) in [5.74, 6) is 1.13. The Labute approximate surface area is 136 Å². The third kappa shape index (κ3) is 3.28. The zero-order valence-electron chi connectivity index (χ0n) is 11.6. The van der Waals surface area contributed by atoms with Gasteiger partial charge in [-0.2, -0.15) is 5.10 Å². The molecule has 0 saturated carbocycles. The quantitative estimate of drug-likeness (QED) is 0.676. The second-order valence-corrected chi connectivity index (χ2v) is 5.44. The molecule has 0 spiro atoms. The number of amides is 1. The average Bonchev–Trinajstić information content (AvgIpc) is 2.55. The Morgan fingerprint density at radius 3 is 2.73 bits per heavy atom. The summed E-state index contributed by atoms with van der Waals surface area (Å²) >= 11 is 3.33. The number of carbonyl (C=O) groups excluding carboxylic acids is 1. The lowest BCUT2D eigenvalue weighted by Crippen LogP contribution is -2.18. The van der Waals surface area contributed by atoms with Gasteiger partial charge in [-0.1, -0.05) is 12.1 Å². The van der Waals surface area contributed by atoms with Gasteiger partial charge in [0.05, 0.1) is 11.8 Å². The van der Waals surface area contributed by atoms with Crippen LogP contribution in [0.5, 0.6) is 11.5 Å². The molecule has 6 heteroatoms. The first-order valence-corrected chi connectivity index (χ1v) is 7.51. The van der Waals surface area contributed by atoms with E-state index in [-0.39, 0.29) is 5.91 Å². The van der Waals surface area contributed by atoms with Gasteiger partial charge in [0.15, 0.2) is 11.5 Å². The fraction of sp³-hybridized carbons (Fsp3) is 0.125. The number of hydrazone groups is 1. The van der Waals surface area contributed by atoms with Crippen LogP contribution in [0.25, 0.3) is 0 Å². The normalized spacial score (nSPS) is 13.1. The number of ether oxygens (including phenoxy) is 2. The van der Waals surface area contributed by atoms with Gasteiger partial charge in [-0.25, -0.2) is 5.43 Å². The number of nitrogens with one attached hydrogen (secondary N) is 1. The predicted molar refractivity (Wildman–Crippen MR) is 86.6 cm³/mol. The fourth-order valence-electron chi connectivity index (χ4n) is 2.01. The summed E-state index contributed by atoms with van der Waals surface area (Å²) in [5, 5.41) is 3.97. The lowest BCUT2D eigenvalue weighted by molar-refractivity contribution is 0.0954. The van der Waals surface area contributed by atoms with E-state index in [2.05, 4.69) is 26.5 Å². The zero-order valence-corrected chi connectivity index (χ0v) is 13.2. The molecule has 0 aromatic heterocycles. The van der Waals surface area contributed by atoms with Crippen LogP contribution in [0.2, 0.25) is 0 Å². The van der Waals surface area contributed by atoms with E-state index in [1.54, 1.807) is 24.4 Å². The van der Waals surface area contributed by atoms with Crippen molar-refractivity contribution in [2.24, 2.45) is 5.10 Å². The van der Waals surface area contributed by atoms with E-state index in [9.17, 15) is 4.79 Å². The Balaban J connectivity index is 1.67. The summed E-state index contributed by atoms with van der Waals surface area (Å²) in [6.45, 7) is 1.09. The minimum atomic E-state index is -0.277. The van der Waals surface area contributed by atoms with E-state index in [0.717, 1.165) is 15.8 Å². The standard InChI is InChI=1S/C16H13BrN2O3/c17-13-4-2-1-3-12(13)16(20)19-18-10-11-5-6-14-15(9-11)22-8-7-21-14/h1-6,9-10H,7-8H2,(H,19,20)/b18-10-. The predicted octanol–water partition coefficient (Wildman–Crippen LogP) is 2.98. The highest BCUT2D eigenvalue weighted by Crippen LogP contribution is 2.30. The van der Waals surface area contributed by atoms with Crippen LogP contribution in [0.4, 0.5) is 0 Å². The maximum atomic E-state index is 12.0. The van der Waals surface area contributed by atoms with Gasteiger partial charge in [-0.3, -0.25) is 4.79 Å². The maximum Gasteiger partial charge on any atom is 0.272 e. The van der Waals surface area contributed by atoms with Gasteiger partial charge < -0.3 is 9.47 Å². The highest BCUT2D eigenvalue weighted by Gasteiger charge is 2.11. The topological polar surface area (TPSA) is 59.9 Å². The van der Waals surface area contributed by atoms with Crippen LogP contribution in [-0.2, 0) is 0 Å². The summed E-state index contributed by atoms with van der Waals surface area (Å²) in [5.41, 5.74) is 3.84. The van der Waals surface area contributed by atoms with Crippen LogP contribution < -0.4 is 14.9 Å². The third-order valence-corrected chi connectivity index (χ3v) is 3.76. The molecule has 0 fully saturated rings. The lowest BCUT2D eigenvalue weighted by atomic mass is 10.2. The molecule has 1 aliphatic rings. The molecule has 3 rings (SSSR count). The Bertz CT molecular complexity index is 731. The number of nitrogens with zero attached hydrogens (tertiary/aromatic N) is 1. The molecule has 5 nitrogen and oxygen atoms in total. The molecule has 1 amide bonds. The van der Waals surface area contributed by atoms with Crippen LogP contribution in [0.15, 0.2) is 52.0 Å². The monoisotopic (exact) mass is 360 g/mol. The Morgan fingerprint density at radius 2 is 1.91 bits per heavy atom. The highest BCUT2D eigenvalue weighted by atomic mass is 79.9. The molecule has 22 heavy (non-hydrogen) atoms. The van der Waals surface area contributed by atoms with Crippen molar-refractivity contribution in [3.63, 3.8) is 0 Å². The molecule has 0 atom stereocenters. The molecule has 0 radical (unpaired) electrons. The number of benzene rings is 2. The summed E-state index contributed by atoms with van der Waals surface area (Å²) < 4.78 is 11.7. The summed E-state index contributed by atoms with van der Waals surface area (Å²) in [7, 11) is 0. The minimum absolute atomic E-state index is 0.277. The van der Waals surface area contributed by atoms with E-state index >= 15 is 0 Å². The van der Waals surface area contributed by atoms with Crippen molar-refractivity contribution in [1.29, 1.82) is 0 Å². The van der Waals surface area contributed by atoms with Gasteiger partial charge >= 0.3 is 0 Å². The molecule has 1 heterocycles. The third-order valence-electron chi connectivity index (χ3n) is 3.06. The summed E-state index contributed by atoms with van der Waals surface area (Å²) in [6, 6.07) is 12.7. The van der Waals surface area contributed by atoms with Crippen LogP contribution in [0.1, 0.15) is 15.9 Å². The number of halogens is 1. The van der Waals surface area contributed by atoms with Gasteiger partial charge in [0.1, 0.15) is 13.2 Å². The molecule has 112 valence electrons. The maximum absolute atomic E-state index is 12.0. The Kier molecular flexibility index (Phi) is 4.39. The molecule has 0 unspecified atom stereocenters. The van der Waals surface area contributed by atoms with Crippen molar-refractivity contribution >= 4 is 28.1 Å². The summed E-state index contributed by atoms with van der Waals surface area (Å²) in [4.78, 5) is 12.0. The van der Waals surface area contributed by atoms with Crippen molar-refractivity contribution in [3.05, 3.63) is 58.1 Å². The van der Waals surface area contributed by atoms with E-state index in [0.29, 0.717) is 24.5 Å². The van der Waals surface area contributed by atoms with Crippen molar-refractivity contribution in [3.8, 4) is 11.5 Å². The van der Waals surface area contributed by atoms with Crippen molar-refractivity contribution in [1.82, 2.24) is 5.43 Å². The van der Waals surface area contributed by atoms with Gasteiger partial charge in [0.25, 0.3) is 5.91 Å². The van der Waals surface area contributed by atoms with Crippen LogP contribution in [0.3, 0.4) is 0 Å². The SMILES string of the molecule is O=C(N/N=C\c1ccc2c(c1)OCCO2)c1ccccc1Br. The molecule has 0 bridgehead atoms. The Morgan fingerprint density at radius 1 is 1.14 bits per heavy atom. The van der Waals surface area contributed by atoms with Crippen LogP contribution in [0, 0.1) is 0 Å². The number of hydrogen-bond acceptors (Lipinski definition) is 4. The minimum Gasteiger partial charge on any atom is -0.486 e. The smallest absolute Gasteiger partial charge is 0.272 e. The number of rotatable bonds is 3. The first kappa shape index (κ1) is 14.6. The molecule has 2 aromatic carbocycles. The lowest BCUT2D eigenvalue weighted by Gasteiger charge is -2.18. The first-order chi connectivity index (χ1) is 10.7. The first-order valence-electron chi connectivity index (χ1n) is 6.71. The van der Waals surface area contributed by atoms with E-state index in [4.69, 9.17) is 9.47 Å². The molecular formula is C16H13BrN2O3. The highest BCUT2D eigenvalue weighted by molar-refractivity contribution is 9.10. The summed E-state index contributed by atoms with van der Waals surface area (Å²) in [6.07, 6.45) is 1.56. The van der Waals surface area contributed by atoms with Crippen LogP contribution in [-0.4, -0.2) is 25.3 Å². The number of carbonyl (C=O) groups is 1. The van der Waals surface area contributed by atoms with Gasteiger partial charge in [0, 0.05) is 4.47 Å². The van der Waals surface area contributed by atoms with Crippen molar-refractivity contribution < 1.29 is 14.3 Å². The van der Waals surface area contributed by atoms with E-state index in [1.807, 2.05) is 24.3 Å². The van der Waals surface area contributed by atoms with Gasteiger partial charge in [-0.15, -0.1) is 0 Å². The second-order valence-electron chi connectivity index (χ2n) is 4.58. The molecule has 2 aromatic rings. The average molecular weight is 361 g/mol. The van der Waals surface area contributed by atoms with Crippen molar-refractivity contribution in [2.75, 3.05) is 13.2 Å². The number of fused-ring (bicyclic) bond motifs is 1. The van der Waals surface area contributed by atoms with E-state index in [1.165, 1.54) is 0 Å².